The number of anilines is 3. The minimum Gasteiger partial charge on any atom is -0.398 e. The maximum Gasteiger partial charge on any atom is 0.228 e. The predicted molar refractivity (Wildman–Crippen MR) is 273 cm³/mol. The SMILES string of the molecule is C=C(C)CC(C)C.CC(C)CC(=O)NC1=C(C#N)C=C(c2ccnc(Cc3ccc(N4CCOCC4)cc3)n2)C=[C+]1.N#Cc1cc(-c2ccnc(Cc3ccc(N4CCOCC4)cc3)n2)ccc1N. The van der Waals surface area contributed by atoms with Gasteiger partial charge in [-0.1, -0.05) is 63.6 Å². The lowest BCUT2D eigenvalue weighted by Crippen LogP contribution is -2.36. The van der Waals surface area contributed by atoms with Crippen LogP contribution in [0.5, 0.6) is 0 Å². The Hall–Kier alpha value is -7.54. The molecule has 4 heterocycles. The van der Waals surface area contributed by atoms with Crippen molar-refractivity contribution < 1.29 is 14.3 Å². The zero-order valence-corrected chi connectivity index (χ0v) is 40.5. The van der Waals surface area contributed by atoms with E-state index in [9.17, 15) is 15.3 Å². The van der Waals surface area contributed by atoms with Crippen LogP contribution in [0.25, 0.3) is 16.8 Å². The Morgan fingerprint density at radius 3 is 1.75 bits per heavy atom. The summed E-state index contributed by atoms with van der Waals surface area (Å²) in [4.78, 5) is 35.0. The van der Waals surface area contributed by atoms with Crippen LogP contribution in [0, 0.1) is 40.6 Å². The van der Waals surface area contributed by atoms with E-state index in [1.165, 1.54) is 23.4 Å². The number of hydrogen-bond acceptors (Lipinski definition) is 12. The Kier molecular flexibility index (Phi) is 18.8. The zero-order valence-electron chi connectivity index (χ0n) is 40.5. The second-order valence-electron chi connectivity index (χ2n) is 18.0. The van der Waals surface area contributed by atoms with Crippen LogP contribution in [0.4, 0.5) is 17.1 Å². The highest BCUT2D eigenvalue weighted by Crippen LogP contribution is 2.25. The summed E-state index contributed by atoms with van der Waals surface area (Å²) < 4.78 is 10.8. The Morgan fingerprint density at radius 2 is 1.28 bits per heavy atom. The van der Waals surface area contributed by atoms with E-state index < -0.39 is 0 Å². The number of nitriles is 2. The number of allylic oxidation sites excluding steroid dienone is 6. The largest absolute Gasteiger partial charge is 0.398 e. The van der Waals surface area contributed by atoms with Gasteiger partial charge in [-0.2, -0.15) is 10.5 Å². The third-order valence-corrected chi connectivity index (χ3v) is 11.2. The second-order valence-corrected chi connectivity index (χ2v) is 18.0. The third kappa shape index (κ3) is 15.8. The number of nitrogens with one attached hydrogen (secondary N) is 1. The van der Waals surface area contributed by atoms with E-state index in [1.807, 2.05) is 32.0 Å². The van der Waals surface area contributed by atoms with Gasteiger partial charge < -0.3 is 25.0 Å². The molecule has 0 bridgehead atoms. The van der Waals surface area contributed by atoms with Crippen molar-refractivity contribution in [2.45, 2.75) is 60.3 Å². The van der Waals surface area contributed by atoms with Gasteiger partial charge in [-0.3, -0.25) is 10.1 Å². The van der Waals surface area contributed by atoms with Gasteiger partial charge in [-0.25, -0.2) is 19.9 Å². The average Bonchev–Trinajstić information content (AvgIpc) is 3.35. The van der Waals surface area contributed by atoms with Crippen molar-refractivity contribution >= 4 is 28.5 Å². The zero-order chi connectivity index (χ0) is 49.1. The van der Waals surface area contributed by atoms with Crippen LogP contribution in [0.1, 0.15) is 81.5 Å². The molecule has 1 aliphatic carbocycles. The molecule has 2 aliphatic heterocycles. The van der Waals surface area contributed by atoms with Crippen LogP contribution in [-0.4, -0.2) is 78.4 Å². The molecule has 0 atom stereocenters. The molecule has 1 amide bonds. The number of carbonyl (C=O) groups is 1. The summed E-state index contributed by atoms with van der Waals surface area (Å²) in [5, 5.41) is 21.6. The van der Waals surface area contributed by atoms with Gasteiger partial charge in [0.25, 0.3) is 0 Å². The number of amides is 1. The topological polar surface area (TPSA) is 179 Å². The van der Waals surface area contributed by atoms with Crippen molar-refractivity contribution in [1.82, 2.24) is 25.3 Å². The molecule has 69 heavy (non-hydrogen) atoms. The number of rotatable bonds is 13. The highest BCUT2D eigenvalue weighted by molar-refractivity contribution is 5.82. The van der Waals surface area contributed by atoms with Crippen molar-refractivity contribution in [3.63, 3.8) is 0 Å². The van der Waals surface area contributed by atoms with Gasteiger partial charge >= 0.3 is 0 Å². The number of benzene rings is 3. The molecule has 3 aliphatic rings. The maximum atomic E-state index is 12.1. The van der Waals surface area contributed by atoms with Crippen LogP contribution in [-0.2, 0) is 27.1 Å². The highest BCUT2D eigenvalue weighted by atomic mass is 16.5. The molecule has 0 unspecified atom stereocenters. The second kappa shape index (κ2) is 25.6. The fourth-order valence-corrected chi connectivity index (χ4v) is 7.85. The van der Waals surface area contributed by atoms with Gasteiger partial charge in [0.05, 0.1) is 49.8 Å². The van der Waals surface area contributed by atoms with Gasteiger partial charge in [-0.05, 0) is 84.8 Å². The standard InChI is InChI=1S/C27H27N5O2.C22H21N5O.C7H14/c1-19(2)15-27(33)31-24-8-5-21(17-22(24)18-28)25-9-10-29-26(30-25)16-20-3-6-23(7-4-20)32-11-13-34-14-12-32;23-15-18-14-17(3-6-20(18)24)21-7-8-25-22(26-21)13-16-1-4-19(5-2-16)27-9-11-28-12-10-27;1-6(2)5-7(3)4/h3-7,9-10,17,19H,11-16H2,1-2H3;1-8,14H,9-13,24H2;7H,1,5H2,2-4H3/p+1. The summed E-state index contributed by atoms with van der Waals surface area (Å²) in [6.07, 6.45) is 12.8. The summed E-state index contributed by atoms with van der Waals surface area (Å²) in [5.41, 5.74) is 16.6. The number of nitrogen functional groups attached to an aromatic ring is 1. The van der Waals surface area contributed by atoms with Crippen molar-refractivity contribution in [1.29, 1.82) is 10.5 Å². The number of morpholine rings is 2. The van der Waals surface area contributed by atoms with E-state index in [4.69, 9.17) is 20.2 Å². The van der Waals surface area contributed by atoms with E-state index in [0.717, 1.165) is 92.3 Å². The number of ether oxygens (including phenoxy) is 2. The molecular formula is C56H63N10O3+. The Balaban J connectivity index is 0.000000202. The van der Waals surface area contributed by atoms with Crippen molar-refractivity contribution in [2.24, 2.45) is 11.8 Å². The van der Waals surface area contributed by atoms with Crippen molar-refractivity contribution in [2.75, 3.05) is 68.1 Å². The molecule has 5 aromatic rings. The fraction of sp³-hybridized carbons (Fsp3) is 0.339. The minimum atomic E-state index is -0.125. The molecule has 0 spiro atoms. The summed E-state index contributed by atoms with van der Waals surface area (Å²) in [5.74, 6) is 2.33. The first-order valence-corrected chi connectivity index (χ1v) is 23.5. The first-order chi connectivity index (χ1) is 33.4. The number of aromatic nitrogens is 4. The monoisotopic (exact) mass is 924 g/mol. The quantitative estimate of drug-likeness (QED) is 0.0651. The van der Waals surface area contributed by atoms with E-state index in [-0.39, 0.29) is 11.8 Å². The van der Waals surface area contributed by atoms with Gasteiger partial charge in [0.2, 0.25) is 11.6 Å². The first kappa shape index (κ1) is 50.9. The molecule has 2 saturated heterocycles. The van der Waals surface area contributed by atoms with Crippen LogP contribution in [0.3, 0.4) is 0 Å². The van der Waals surface area contributed by atoms with Crippen LogP contribution in [0.15, 0.2) is 127 Å². The summed E-state index contributed by atoms with van der Waals surface area (Å²) in [7, 11) is 0. The van der Waals surface area contributed by atoms with Gasteiger partial charge in [-0.15, -0.1) is 6.58 Å². The van der Waals surface area contributed by atoms with E-state index >= 15 is 0 Å². The lowest BCUT2D eigenvalue weighted by Gasteiger charge is -2.28. The van der Waals surface area contributed by atoms with Crippen molar-refractivity contribution in [3.8, 4) is 23.4 Å². The average molecular weight is 924 g/mol. The van der Waals surface area contributed by atoms with E-state index in [2.05, 4.69) is 124 Å². The van der Waals surface area contributed by atoms with E-state index in [1.54, 1.807) is 36.7 Å². The molecular weight excluding hydrogens is 861 g/mol. The Bertz CT molecular complexity index is 2700. The fourth-order valence-electron chi connectivity index (χ4n) is 7.85. The molecule has 8 rings (SSSR count). The molecule has 2 aromatic heterocycles. The van der Waals surface area contributed by atoms with Gasteiger partial charge in [0.1, 0.15) is 35.1 Å². The number of nitrogens with two attached hydrogens (primary N) is 1. The molecule has 354 valence electrons. The first-order valence-electron chi connectivity index (χ1n) is 23.5. The Labute approximate surface area is 407 Å². The summed E-state index contributed by atoms with van der Waals surface area (Å²) in [6.45, 7) is 21.0. The molecule has 3 N–H and O–H groups in total. The minimum absolute atomic E-state index is 0.125. The van der Waals surface area contributed by atoms with Crippen LogP contribution in [0.2, 0.25) is 0 Å². The number of hydrogen-bond donors (Lipinski definition) is 2. The van der Waals surface area contributed by atoms with Gasteiger partial charge in [0, 0.05) is 80.5 Å². The lowest BCUT2D eigenvalue weighted by molar-refractivity contribution is -0.121. The smallest absolute Gasteiger partial charge is 0.228 e. The molecule has 0 saturated carbocycles. The molecule has 13 heteroatoms. The Morgan fingerprint density at radius 1 is 0.754 bits per heavy atom. The highest BCUT2D eigenvalue weighted by Gasteiger charge is 2.23. The maximum absolute atomic E-state index is 12.1. The van der Waals surface area contributed by atoms with Crippen LogP contribution >= 0.6 is 0 Å². The van der Waals surface area contributed by atoms with Crippen molar-refractivity contribution in [3.05, 3.63) is 167 Å². The predicted octanol–water partition coefficient (Wildman–Crippen LogP) is 9.23. The molecule has 0 radical (unpaired) electrons. The normalized spacial score (nSPS) is 14.3. The molecule has 2 fully saturated rings. The summed E-state index contributed by atoms with van der Waals surface area (Å²) in [6, 6.07) is 30.3. The molecule has 3 aromatic carbocycles. The number of nitrogens with zero attached hydrogens (tertiary/aromatic N) is 8. The lowest BCUT2D eigenvalue weighted by atomic mass is 10.0. The molecule has 13 nitrogen and oxygen atoms in total. The van der Waals surface area contributed by atoms with Crippen LogP contribution < -0.4 is 20.9 Å². The van der Waals surface area contributed by atoms with Gasteiger partial charge in [0.15, 0.2) is 11.6 Å². The van der Waals surface area contributed by atoms with E-state index in [0.29, 0.717) is 53.3 Å². The third-order valence-electron chi connectivity index (χ3n) is 11.2. The summed E-state index contributed by atoms with van der Waals surface area (Å²) >= 11 is 0. The number of carbonyl (C=O) groups excluding carboxylic acids is 1.